The van der Waals surface area contributed by atoms with Crippen LogP contribution in [0.4, 0.5) is 0 Å². The zero-order valence-corrected chi connectivity index (χ0v) is 24.2. The molecule has 0 spiro atoms. The Bertz CT molecular complexity index is 1150. The minimum absolute atomic E-state index is 0. The summed E-state index contributed by atoms with van der Waals surface area (Å²) in [6, 6.07) is 6.97. The molecule has 4 rings (SSSR count). The number of carbonyl (C=O) groups is 5. The maximum Gasteiger partial charge on any atom is 1.00 e. The second-order valence-corrected chi connectivity index (χ2v) is 9.07. The second kappa shape index (κ2) is 16.2. The molecular weight excluding hydrogens is 503 g/mol. The Balaban J connectivity index is 0.000000326. The van der Waals surface area contributed by atoms with Gasteiger partial charge in [-0.2, -0.15) is 0 Å². The van der Waals surface area contributed by atoms with E-state index in [9.17, 15) is 19.2 Å². The molecule has 38 heavy (non-hydrogen) atoms. The molecule has 198 valence electrons. The van der Waals surface area contributed by atoms with Crippen LogP contribution in [0.15, 0.2) is 24.3 Å². The van der Waals surface area contributed by atoms with Gasteiger partial charge in [-0.1, -0.05) is 25.0 Å². The van der Waals surface area contributed by atoms with Gasteiger partial charge in [-0.05, 0) is 85.8 Å². The number of hydrogen-bond acceptors (Lipinski definition) is 8. The van der Waals surface area contributed by atoms with Crippen LogP contribution in [0, 0.1) is 13.8 Å². The number of benzene rings is 2. The van der Waals surface area contributed by atoms with Crippen molar-refractivity contribution in [3.8, 4) is 0 Å². The van der Waals surface area contributed by atoms with Crippen LogP contribution in [0.3, 0.4) is 0 Å². The number of esters is 1. The van der Waals surface area contributed by atoms with Gasteiger partial charge < -0.3 is 20.0 Å². The maximum atomic E-state index is 11.5. The van der Waals surface area contributed by atoms with E-state index in [0.29, 0.717) is 28.5 Å². The standard InChI is InChI=1S/C14H16O3.C13H14O3.CH2O3.Na/c1-9-6-13(10-4-3-5-10)11(8-15)7-12(9)14(16)17-2;1-8-5-12(9-3-2-4-9)10(7-14)6-11(8)13(15)16;2-1-4-3;/h6-8,10H,3-5H2,1-2H3;5-7,9H,2-4H2,1H3,(H,15,16);1,3H;/q;;;+1/p-1. The van der Waals surface area contributed by atoms with E-state index >= 15 is 0 Å². The molecule has 10 heteroatoms. The van der Waals surface area contributed by atoms with Gasteiger partial charge >= 0.3 is 41.5 Å². The molecule has 2 aliphatic rings. The quantitative estimate of drug-likeness (QED) is 0.181. The van der Waals surface area contributed by atoms with Gasteiger partial charge in [-0.3, -0.25) is 14.4 Å². The van der Waals surface area contributed by atoms with Crippen LogP contribution in [-0.2, 0) is 14.4 Å². The first kappa shape index (κ1) is 33.2. The van der Waals surface area contributed by atoms with Gasteiger partial charge in [0.1, 0.15) is 12.6 Å². The van der Waals surface area contributed by atoms with Crippen molar-refractivity contribution in [2.45, 2.75) is 64.2 Å². The molecule has 2 aromatic rings. The molecule has 2 aromatic carbocycles. The van der Waals surface area contributed by atoms with Gasteiger partial charge in [-0.25, -0.2) is 9.59 Å². The molecule has 9 nitrogen and oxygen atoms in total. The predicted molar refractivity (Wildman–Crippen MR) is 132 cm³/mol. The third-order valence-electron chi connectivity index (χ3n) is 6.88. The summed E-state index contributed by atoms with van der Waals surface area (Å²) in [4.78, 5) is 55.8. The first-order valence-corrected chi connectivity index (χ1v) is 12.0. The largest absolute Gasteiger partial charge is 1.00 e. The molecule has 0 saturated heterocycles. The summed E-state index contributed by atoms with van der Waals surface area (Å²) in [5.74, 6) is -0.422. The van der Waals surface area contributed by atoms with Crippen LogP contribution in [0.1, 0.15) is 114 Å². The Morgan fingerprint density at radius 2 is 1.24 bits per heavy atom. The average molecular weight is 535 g/mol. The van der Waals surface area contributed by atoms with Crippen molar-refractivity contribution >= 4 is 31.0 Å². The Kier molecular flexibility index (Phi) is 14.1. The van der Waals surface area contributed by atoms with Crippen LogP contribution >= 0.6 is 0 Å². The van der Waals surface area contributed by atoms with E-state index in [1.807, 2.05) is 19.1 Å². The van der Waals surface area contributed by atoms with E-state index in [1.54, 1.807) is 13.0 Å². The van der Waals surface area contributed by atoms with Crippen LogP contribution in [-0.4, -0.2) is 43.2 Å². The Morgan fingerprint density at radius 3 is 1.53 bits per heavy atom. The van der Waals surface area contributed by atoms with E-state index < -0.39 is 5.97 Å². The smallest absolute Gasteiger partial charge is 0.662 e. The van der Waals surface area contributed by atoms with E-state index in [2.05, 4.69) is 4.89 Å². The molecule has 0 unspecified atom stereocenters. The molecule has 0 radical (unpaired) electrons. The third kappa shape index (κ3) is 8.33. The van der Waals surface area contributed by atoms with Crippen molar-refractivity contribution in [3.05, 3.63) is 68.8 Å². The van der Waals surface area contributed by atoms with E-state index in [0.717, 1.165) is 60.5 Å². The summed E-state index contributed by atoms with van der Waals surface area (Å²) in [7, 11) is 1.35. The number of hydrogen-bond donors (Lipinski definition) is 1. The number of aryl methyl sites for hydroxylation is 2. The number of ether oxygens (including phenoxy) is 1. The monoisotopic (exact) mass is 534 g/mol. The zero-order chi connectivity index (χ0) is 27.5. The molecule has 0 atom stereocenters. The SMILES string of the molecule is COC(=O)c1cc(C=O)c(C2CCC2)cc1C.Cc1cc(C2CCC2)c(C=O)cc1C(=O)O.O=CO[O-].[Na+]. The minimum atomic E-state index is -0.972. The van der Waals surface area contributed by atoms with Gasteiger partial charge in [0.15, 0.2) is 0 Å². The number of methoxy groups -OCH3 is 1. The first-order chi connectivity index (χ1) is 17.7. The van der Waals surface area contributed by atoms with Gasteiger partial charge in [-0.15, -0.1) is 0 Å². The van der Waals surface area contributed by atoms with Gasteiger partial charge in [0.05, 0.1) is 18.2 Å². The van der Waals surface area contributed by atoms with Gasteiger partial charge in [0.25, 0.3) is 6.47 Å². The molecule has 0 heterocycles. The molecular formula is C28H31NaO9. The molecule has 0 amide bonds. The number of aromatic carboxylic acids is 1. The fraction of sp³-hybridized carbons (Fsp3) is 0.393. The minimum Gasteiger partial charge on any atom is -0.662 e. The van der Waals surface area contributed by atoms with Crippen LogP contribution in [0.5, 0.6) is 0 Å². The van der Waals surface area contributed by atoms with Crippen LogP contribution < -0.4 is 34.8 Å². The van der Waals surface area contributed by atoms with Crippen molar-refractivity contribution < 1.29 is 73.5 Å². The summed E-state index contributed by atoms with van der Waals surface area (Å²) in [6.07, 6.45) is 8.50. The van der Waals surface area contributed by atoms with E-state index in [1.165, 1.54) is 26.0 Å². The third-order valence-corrected chi connectivity index (χ3v) is 6.88. The molecule has 0 aliphatic heterocycles. The fourth-order valence-electron chi connectivity index (χ4n) is 4.40. The maximum absolute atomic E-state index is 11.5. The second-order valence-electron chi connectivity index (χ2n) is 9.07. The molecule has 2 fully saturated rings. The normalized spacial score (nSPS) is 13.9. The Labute approximate surface area is 243 Å². The van der Waals surface area contributed by atoms with Gasteiger partial charge in [0.2, 0.25) is 0 Å². The van der Waals surface area contributed by atoms with Crippen LogP contribution in [0.25, 0.3) is 0 Å². The fourth-order valence-corrected chi connectivity index (χ4v) is 4.40. The summed E-state index contributed by atoms with van der Waals surface area (Å²) >= 11 is 0. The number of rotatable bonds is 7. The molecule has 2 aliphatic carbocycles. The van der Waals surface area contributed by atoms with Gasteiger partial charge in [0, 0.05) is 11.1 Å². The molecule has 0 bridgehead atoms. The van der Waals surface area contributed by atoms with E-state index in [4.69, 9.17) is 19.9 Å². The predicted octanol–water partition coefficient (Wildman–Crippen LogP) is 1.07. The van der Waals surface area contributed by atoms with Crippen molar-refractivity contribution in [1.82, 2.24) is 0 Å². The summed E-state index contributed by atoms with van der Waals surface area (Å²) in [5.41, 5.74) is 5.58. The molecule has 0 aromatic heterocycles. The number of carboxylic acids is 1. The summed E-state index contributed by atoms with van der Waals surface area (Å²) in [5, 5.41) is 17.4. The number of aldehydes is 2. The van der Waals surface area contributed by atoms with E-state index in [-0.39, 0.29) is 47.6 Å². The summed E-state index contributed by atoms with van der Waals surface area (Å²) < 4.78 is 4.70. The van der Waals surface area contributed by atoms with Crippen molar-refractivity contribution in [2.75, 3.05) is 7.11 Å². The molecule has 1 N–H and O–H groups in total. The van der Waals surface area contributed by atoms with Crippen molar-refractivity contribution in [1.29, 1.82) is 0 Å². The van der Waals surface area contributed by atoms with Crippen molar-refractivity contribution in [2.24, 2.45) is 0 Å². The number of carbonyl (C=O) groups excluding carboxylic acids is 4. The summed E-state index contributed by atoms with van der Waals surface area (Å²) in [6.45, 7) is 3.48. The first-order valence-electron chi connectivity index (χ1n) is 12.0. The van der Waals surface area contributed by atoms with Crippen molar-refractivity contribution in [3.63, 3.8) is 0 Å². The average Bonchev–Trinajstić information content (AvgIpc) is 2.82. The Morgan fingerprint density at radius 1 is 0.842 bits per heavy atom. The van der Waals surface area contributed by atoms with Crippen LogP contribution in [0.2, 0.25) is 0 Å². The number of carboxylic acid groups (broad SMARTS) is 1. The topological polar surface area (TPSA) is 147 Å². The molecule has 2 saturated carbocycles. The Hall–Kier alpha value is -2.85. The zero-order valence-electron chi connectivity index (χ0n) is 22.2.